The SMILES string of the molecule is CCCCCC(=O)c1c(OC)ccc2c3c([nH]c12)C(C)N(C(C)=O)CC3. The van der Waals surface area contributed by atoms with Gasteiger partial charge >= 0.3 is 0 Å². The van der Waals surface area contributed by atoms with Crippen molar-refractivity contribution in [3.63, 3.8) is 0 Å². The highest BCUT2D eigenvalue weighted by atomic mass is 16.5. The first-order chi connectivity index (χ1) is 12.5. The zero-order valence-electron chi connectivity index (χ0n) is 16.1. The Kier molecular flexibility index (Phi) is 5.35. The van der Waals surface area contributed by atoms with Crippen LogP contribution in [0, 0.1) is 0 Å². The molecule has 0 saturated carbocycles. The van der Waals surface area contributed by atoms with E-state index in [4.69, 9.17) is 4.74 Å². The maximum atomic E-state index is 12.9. The standard InChI is InChI=1S/C21H28N2O3/c1-5-6-7-8-17(25)19-18(26-4)10-9-15-16-11-12-23(14(3)24)13(2)20(16)22-21(15)19/h9-10,13,22H,5-8,11-12H2,1-4H3. The Morgan fingerprint density at radius 1 is 1.31 bits per heavy atom. The second-order valence-corrected chi connectivity index (χ2v) is 7.10. The first-order valence-electron chi connectivity index (χ1n) is 9.51. The molecule has 1 atom stereocenters. The average molecular weight is 356 g/mol. The van der Waals surface area contributed by atoms with Crippen molar-refractivity contribution in [2.24, 2.45) is 0 Å². The summed E-state index contributed by atoms with van der Waals surface area (Å²) in [7, 11) is 1.60. The van der Waals surface area contributed by atoms with Gasteiger partial charge in [-0.3, -0.25) is 9.59 Å². The molecule has 2 heterocycles. The van der Waals surface area contributed by atoms with Gasteiger partial charge in [-0.05, 0) is 37.5 Å². The molecule has 3 rings (SSSR count). The van der Waals surface area contributed by atoms with Gasteiger partial charge < -0.3 is 14.6 Å². The molecular weight excluding hydrogens is 328 g/mol. The van der Waals surface area contributed by atoms with E-state index in [2.05, 4.69) is 11.9 Å². The smallest absolute Gasteiger partial charge is 0.220 e. The van der Waals surface area contributed by atoms with Gasteiger partial charge in [0.15, 0.2) is 5.78 Å². The fourth-order valence-electron chi connectivity index (χ4n) is 4.07. The Balaban J connectivity index is 2.09. The van der Waals surface area contributed by atoms with Crippen molar-refractivity contribution < 1.29 is 14.3 Å². The van der Waals surface area contributed by atoms with E-state index in [-0.39, 0.29) is 17.7 Å². The molecule has 0 radical (unpaired) electrons. The monoisotopic (exact) mass is 356 g/mol. The number of amides is 1. The summed E-state index contributed by atoms with van der Waals surface area (Å²) in [5.74, 6) is 0.819. The number of ketones is 1. The normalized spacial score (nSPS) is 16.6. The lowest BCUT2D eigenvalue weighted by atomic mass is 9.96. The van der Waals surface area contributed by atoms with E-state index in [0.717, 1.165) is 42.3 Å². The highest BCUT2D eigenvalue weighted by Crippen LogP contribution is 2.38. The minimum absolute atomic E-state index is 0.0160. The molecule has 2 aromatic rings. The van der Waals surface area contributed by atoms with Gasteiger partial charge in [-0.25, -0.2) is 0 Å². The minimum atomic E-state index is -0.0160. The van der Waals surface area contributed by atoms with E-state index in [1.165, 1.54) is 5.56 Å². The van der Waals surface area contributed by atoms with Crippen LogP contribution in [0.1, 0.15) is 74.1 Å². The molecular formula is C21H28N2O3. The molecule has 1 amide bonds. The van der Waals surface area contributed by atoms with E-state index >= 15 is 0 Å². The van der Waals surface area contributed by atoms with Crippen molar-refractivity contribution >= 4 is 22.6 Å². The maximum absolute atomic E-state index is 12.9. The maximum Gasteiger partial charge on any atom is 0.220 e. The third-order valence-corrected chi connectivity index (χ3v) is 5.48. The van der Waals surface area contributed by atoms with Crippen LogP contribution in [0.3, 0.4) is 0 Å². The number of methoxy groups -OCH3 is 1. The Labute approximate surface area is 154 Å². The molecule has 0 spiro atoms. The molecule has 1 aromatic heterocycles. The molecule has 0 bridgehead atoms. The molecule has 1 aliphatic rings. The quantitative estimate of drug-likeness (QED) is 0.616. The van der Waals surface area contributed by atoms with Crippen molar-refractivity contribution in [3.05, 3.63) is 29.0 Å². The number of aromatic amines is 1. The average Bonchev–Trinajstić information content (AvgIpc) is 3.00. The van der Waals surface area contributed by atoms with Crippen molar-refractivity contribution in [2.45, 2.75) is 58.9 Å². The predicted molar refractivity (Wildman–Crippen MR) is 103 cm³/mol. The van der Waals surface area contributed by atoms with Crippen LogP contribution in [0.25, 0.3) is 10.9 Å². The van der Waals surface area contributed by atoms with E-state index in [9.17, 15) is 9.59 Å². The number of nitrogens with one attached hydrogen (secondary N) is 1. The topological polar surface area (TPSA) is 62.4 Å². The third-order valence-electron chi connectivity index (χ3n) is 5.48. The Morgan fingerprint density at radius 3 is 2.73 bits per heavy atom. The number of hydrogen-bond donors (Lipinski definition) is 1. The number of fused-ring (bicyclic) bond motifs is 3. The molecule has 0 saturated heterocycles. The molecule has 140 valence electrons. The van der Waals surface area contributed by atoms with E-state index in [0.29, 0.717) is 24.3 Å². The van der Waals surface area contributed by atoms with Crippen LogP contribution in [-0.4, -0.2) is 35.2 Å². The number of ether oxygens (including phenoxy) is 1. The minimum Gasteiger partial charge on any atom is -0.496 e. The Bertz CT molecular complexity index is 837. The third kappa shape index (κ3) is 3.11. The van der Waals surface area contributed by atoms with Crippen LogP contribution < -0.4 is 4.74 Å². The number of nitrogens with zero attached hydrogens (tertiary/aromatic N) is 1. The lowest BCUT2D eigenvalue weighted by Gasteiger charge is -2.32. The number of aromatic nitrogens is 1. The van der Waals surface area contributed by atoms with E-state index < -0.39 is 0 Å². The number of carbonyl (C=O) groups is 2. The summed E-state index contributed by atoms with van der Waals surface area (Å²) >= 11 is 0. The van der Waals surface area contributed by atoms with Crippen LogP contribution >= 0.6 is 0 Å². The van der Waals surface area contributed by atoms with Gasteiger partial charge in [0, 0.05) is 31.0 Å². The first-order valence-corrected chi connectivity index (χ1v) is 9.51. The molecule has 5 nitrogen and oxygen atoms in total. The molecule has 1 aromatic carbocycles. The van der Waals surface area contributed by atoms with Crippen LogP contribution in [-0.2, 0) is 11.2 Å². The lowest BCUT2D eigenvalue weighted by molar-refractivity contribution is -0.131. The molecule has 1 aliphatic heterocycles. The zero-order valence-corrected chi connectivity index (χ0v) is 16.1. The van der Waals surface area contributed by atoms with E-state index in [1.54, 1.807) is 14.0 Å². The van der Waals surface area contributed by atoms with Crippen LogP contribution in [0.4, 0.5) is 0 Å². The number of Topliss-reactive ketones (excluding diaryl/α,β-unsaturated/α-hetero) is 1. The van der Waals surface area contributed by atoms with Gasteiger partial charge in [0.25, 0.3) is 0 Å². The summed E-state index contributed by atoms with van der Waals surface area (Å²) in [5.41, 5.74) is 3.76. The summed E-state index contributed by atoms with van der Waals surface area (Å²) in [6.45, 7) is 6.49. The van der Waals surface area contributed by atoms with Crippen LogP contribution in [0.15, 0.2) is 12.1 Å². The highest BCUT2D eigenvalue weighted by molar-refractivity contribution is 6.10. The zero-order chi connectivity index (χ0) is 18.8. The summed E-state index contributed by atoms with van der Waals surface area (Å²) in [4.78, 5) is 30.2. The highest BCUT2D eigenvalue weighted by Gasteiger charge is 2.30. The number of hydrogen-bond acceptors (Lipinski definition) is 3. The Hall–Kier alpha value is -2.30. The number of H-pyrrole nitrogens is 1. The number of unbranched alkanes of at least 4 members (excludes halogenated alkanes) is 2. The summed E-state index contributed by atoms with van der Waals surface area (Å²) in [6, 6.07) is 3.91. The van der Waals surface area contributed by atoms with Crippen molar-refractivity contribution in [3.8, 4) is 5.75 Å². The fourth-order valence-corrected chi connectivity index (χ4v) is 4.07. The summed E-state index contributed by atoms with van der Waals surface area (Å²) in [6.07, 6.45) is 4.36. The number of benzene rings is 1. The van der Waals surface area contributed by atoms with Crippen molar-refractivity contribution in [1.29, 1.82) is 0 Å². The molecule has 0 aliphatic carbocycles. The second kappa shape index (κ2) is 7.52. The number of carbonyl (C=O) groups excluding carboxylic acids is 2. The summed E-state index contributed by atoms with van der Waals surface area (Å²) < 4.78 is 5.49. The summed E-state index contributed by atoms with van der Waals surface area (Å²) in [5, 5.41) is 1.08. The van der Waals surface area contributed by atoms with Gasteiger partial charge in [0.1, 0.15) is 5.75 Å². The molecule has 1 unspecified atom stereocenters. The fraction of sp³-hybridized carbons (Fsp3) is 0.524. The van der Waals surface area contributed by atoms with Gasteiger partial charge in [-0.1, -0.05) is 19.8 Å². The van der Waals surface area contributed by atoms with E-state index in [1.807, 2.05) is 24.0 Å². The van der Waals surface area contributed by atoms with Gasteiger partial charge in [0.05, 0.1) is 24.2 Å². The largest absolute Gasteiger partial charge is 0.496 e. The second-order valence-electron chi connectivity index (χ2n) is 7.10. The van der Waals surface area contributed by atoms with Crippen LogP contribution in [0.5, 0.6) is 5.75 Å². The molecule has 0 fully saturated rings. The number of rotatable bonds is 6. The molecule has 1 N–H and O–H groups in total. The molecule has 5 heteroatoms. The molecule has 26 heavy (non-hydrogen) atoms. The first kappa shape index (κ1) is 18.5. The van der Waals surface area contributed by atoms with Gasteiger partial charge in [-0.15, -0.1) is 0 Å². The Morgan fingerprint density at radius 2 is 2.08 bits per heavy atom. The van der Waals surface area contributed by atoms with Gasteiger partial charge in [0.2, 0.25) is 5.91 Å². The van der Waals surface area contributed by atoms with Gasteiger partial charge in [-0.2, -0.15) is 0 Å². The van der Waals surface area contributed by atoms with Crippen molar-refractivity contribution in [2.75, 3.05) is 13.7 Å². The lowest BCUT2D eigenvalue weighted by Crippen LogP contribution is -2.37. The van der Waals surface area contributed by atoms with Crippen LogP contribution in [0.2, 0.25) is 0 Å². The van der Waals surface area contributed by atoms with Crippen molar-refractivity contribution in [1.82, 2.24) is 9.88 Å². The predicted octanol–water partition coefficient (Wildman–Crippen LogP) is 4.41.